The third kappa shape index (κ3) is 4.61. The summed E-state index contributed by atoms with van der Waals surface area (Å²) in [5, 5.41) is 10.0. The minimum absolute atomic E-state index is 0.795. The van der Waals surface area contributed by atoms with Crippen LogP contribution >= 0.6 is 0 Å². The number of aromatic nitrogens is 2. The molecule has 10 rings (SSSR count). The summed E-state index contributed by atoms with van der Waals surface area (Å²) in [6, 6.07) is 68.5. The van der Waals surface area contributed by atoms with Crippen LogP contribution in [0.4, 0.5) is 0 Å². The Bertz CT molecular complexity index is 2760. The third-order valence-corrected chi connectivity index (χ3v) is 15.2. The van der Waals surface area contributed by atoms with Crippen LogP contribution in [0.3, 0.4) is 0 Å². The predicted molar refractivity (Wildman–Crippen MR) is 215 cm³/mol. The maximum absolute atomic E-state index is 6.11. The van der Waals surface area contributed by atoms with Gasteiger partial charge in [-0.15, -0.1) is 0 Å². The summed E-state index contributed by atoms with van der Waals surface area (Å²) in [5.41, 5.74) is 6.31. The van der Waals surface area contributed by atoms with Crippen molar-refractivity contribution in [3.63, 3.8) is 0 Å². The first-order valence-corrected chi connectivity index (χ1v) is 19.4. The quantitative estimate of drug-likeness (QED) is 0.131. The monoisotopic (exact) mass is 668 g/mol. The maximum Gasteiger partial charge on any atom is 0.179 e. The standard InChI is InChI=1S/C47H32N2OSi/c1-4-16-35(17-5-1)51(36-18-6-2-7-19-36,37-20-8-3-9-21-37)38-22-14-15-33(29-38)34-27-28-44-41(30-34)39-23-10-12-25-43(39)49(44)47-31-42-40-24-11-13-26-45(40)50-46(42)32-48-47/h1-32H. The minimum Gasteiger partial charge on any atom is -0.454 e. The molecular formula is C47H32N2OSi. The minimum atomic E-state index is -2.66. The molecule has 0 aliphatic carbocycles. The number of nitrogens with zero attached hydrogens (tertiary/aromatic N) is 2. The largest absolute Gasteiger partial charge is 0.454 e. The Kier molecular flexibility index (Phi) is 6.83. The van der Waals surface area contributed by atoms with E-state index in [1.807, 2.05) is 18.3 Å². The lowest BCUT2D eigenvalue weighted by Gasteiger charge is -2.34. The highest BCUT2D eigenvalue weighted by atomic mass is 28.3. The van der Waals surface area contributed by atoms with Gasteiger partial charge < -0.3 is 4.42 Å². The molecule has 0 aliphatic heterocycles. The molecule has 51 heavy (non-hydrogen) atoms. The summed E-state index contributed by atoms with van der Waals surface area (Å²) in [5.74, 6) is 0.874. The predicted octanol–water partition coefficient (Wildman–Crippen LogP) is 9.12. The van der Waals surface area contributed by atoms with Crippen LogP contribution in [0.1, 0.15) is 0 Å². The van der Waals surface area contributed by atoms with E-state index in [1.165, 1.54) is 42.6 Å². The van der Waals surface area contributed by atoms with Gasteiger partial charge in [-0.1, -0.05) is 158 Å². The summed E-state index contributed by atoms with van der Waals surface area (Å²) in [7, 11) is -2.66. The van der Waals surface area contributed by atoms with Crippen LogP contribution in [0, 0.1) is 0 Å². The average Bonchev–Trinajstić information content (AvgIpc) is 3.75. The van der Waals surface area contributed by atoms with Crippen LogP contribution < -0.4 is 20.7 Å². The van der Waals surface area contributed by atoms with Gasteiger partial charge in [-0.05, 0) is 62.2 Å². The van der Waals surface area contributed by atoms with E-state index in [-0.39, 0.29) is 0 Å². The molecule has 0 radical (unpaired) electrons. The van der Waals surface area contributed by atoms with Crippen molar-refractivity contribution in [2.24, 2.45) is 0 Å². The fourth-order valence-corrected chi connectivity index (χ4v) is 12.9. The second-order valence-electron chi connectivity index (χ2n) is 13.2. The molecule has 240 valence electrons. The van der Waals surface area contributed by atoms with Crippen LogP contribution in [0.15, 0.2) is 199 Å². The summed E-state index contributed by atoms with van der Waals surface area (Å²) in [6.45, 7) is 0. The zero-order chi connectivity index (χ0) is 33.8. The van der Waals surface area contributed by atoms with E-state index >= 15 is 0 Å². The molecule has 4 heteroatoms. The zero-order valence-corrected chi connectivity index (χ0v) is 28.8. The van der Waals surface area contributed by atoms with Crippen molar-refractivity contribution in [3.8, 4) is 16.9 Å². The third-order valence-electron chi connectivity index (χ3n) is 10.4. The number of para-hydroxylation sites is 2. The molecule has 10 aromatic rings. The van der Waals surface area contributed by atoms with E-state index in [1.54, 1.807) is 0 Å². The van der Waals surface area contributed by atoms with Crippen LogP contribution in [-0.4, -0.2) is 17.6 Å². The molecule has 3 heterocycles. The molecular weight excluding hydrogens is 637 g/mol. The van der Waals surface area contributed by atoms with E-state index in [2.05, 4.69) is 180 Å². The highest BCUT2D eigenvalue weighted by Gasteiger charge is 2.41. The van der Waals surface area contributed by atoms with E-state index < -0.39 is 8.07 Å². The molecule has 0 unspecified atom stereocenters. The Morgan fingerprint density at radius 1 is 0.392 bits per heavy atom. The molecule has 0 saturated carbocycles. The van der Waals surface area contributed by atoms with Crippen molar-refractivity contribution in [3.05, 3.63) is 194 Å². The highest BCUT2D eigenvalue weighted by molar-refractivity contribution is 7.19. The number of furan rings is 1. The lowest BCUT2D eigenvalue weighted by atomic mass is 10.0. The number of hydrogen-bond acceptors (Lipinski definition) is 2. The molecule has 0 spiro atoms. The number of benzene rings is 7. The second kappa shape index (κ2) is 11.8. The molecule has 0 N–H and O–H groups in total. The highest BCUT2D eigenvalue weighted by Crippen LogP contribution is 2.36. The summed E-state index contributed by atoms with van der Waals surface area (Å²) < 4.78 is 8.40. The summed E-state index contributed by atoms with van der Waals surface area (Å²) in [4.78, 5) is 4.92. The Morgan fingerprint density at radius 3 is 1.67 bits per heavy atom. The Labute approximate surface area is 296 Å². The average molecular weight is 669 g/mol. The van der Waals surface area contributed by atoms with Gasteiger partial charge in [-0.25, -0.2) is 4.98 Å². The van der Waals surface area contributed by atoms with Crippen molar-refractivity contribution in [2.45, 2.75) is 0 Å². The Balaban J connectivity index is 1.17. The Morgan fingerprint density at radius 2 is 0.961 bits per heavy atom. The van der Waals surface area contributed by atoms with Gasteiger partial charge in [0.2, 0.25) is 0 Å². The van der Waals surface area contributed by atoms with Gasteiger partial charge in [0.1, 0.15) is 11.4 Å². The zero-order valence-electron chi connectivity index (χ0n) is 27.8. The molecule has 3 nitrogen and oxygen atoms in total. The molecule has 0 saturated heterocycles. The van der Waals surface area contributed by atoms with Crippen LogP contribution in [0.25, 0.3) is 60.7 Å². The number of pyridine rings is 1. The van der Waals surface area contributed by atoms with Crippen molar-refractivity contribution in [1.82, 2.24) is 9.55 Å². The van der Waals surface area contributed by atoms with Crippen molar-refractivity contribution in [2.75, 3.05) is 0 Å². The van der Waals surface area contributed by atoms with Gasteiger partial charge in [-0.2, -0.15) is 0 Å². The van der Waals surface area contributed by atoms with E-state index in [0.717, 1.165) is 38.8 Å². The molecule has 0 atom stereocenters. The van der Waals surface area contributed by atoms with E-state index in [4.69, 9.17) is 9.40 Å². The van der Waals surface area contributed by atoms with Crippen LogP contribution in [0.5, 0.6) is 0 Å². The molecule has 7 aromatic carbocycles. The van der Waals surface area contributed by atoms with Crippen molar-refractivity contribution >= 4 is 72.6 Å². The van der Waals surface area contributed by atoms with Crippen molar-refractivity contribution < 1.29 is 4.42 Å². The fourth-order valence-electron chi connectivity index (χ4n) is 8.14. The molecule has 0 bridgehead atoms. The van der Waals surface area contributed by atoms with Crippen LogP contribution in [0.2, 0.25) is 0 Å². The Hall–Kier alpha value is -6.49. The SMILES string of the molecule is c1ccc([Si](c2ccccc2)(c2ccccc2)c2cccc(-c3ccc4c(c3)c3ccccc3n4-c3cc4c(cn3)oc3ccccc34)c2)cc1. The van der Waals surface area contributed by atoms with Crippen molar-refractivity contribution in [1.29, 1.82) is 0 Å². The summed E-state index contributed by atoms with van der Waals surface area (Å²) in [6.07, 6.45) is 1.85. The normalized spacial score (nSPS) is 11.9. The first-order chi connectivity index (χ1) is 25.3. The maximum atomic E-state index is 6.11. The number of hydrogen-bond donors (Lipinski definition) is 0. The fraction of sp³-hybridized carbons (Fsp3) is 0. The molecule has 0 fully saturated rings. The topological polar surface area (TPSA) is 31.0 Å². The lowest BCUT2D eigenvalue weighted by molar-refractivity contribution is 0.666. The van der Waals surface area contributed by atoms with Gasteiger partial charge in [0, 0.05) is 21.5 Å². The van der Waals surface area contributed by atoms with Gasteiger partial charge in [-0.3, -0.25) is 4.57 Å². The smallest absolute Gasteiger partial charge is 0.179 e. The van der Waals surface area contributed by atoms with Gasteiger partial charge >= 0.3 is 0 Å². The van der Waals surface area contributed by atoms with Crippen LogP contribution in [-0.2, 0) is 0 Å². The van der Waals surface area contributed by atoms with E-state index in [9.17, 15) is 0 Å². The molecule has 0 aliphatic rings. The van der Waals surface area contributed by atoms with Gasteiger partial charge in [0.05, 0.1) is 17.2 Å². The molecule has 0 amide bonds. The first-order valence-electron chi connectivity index (χ1n) is 17.4. The molecule has 3 aromatic heterocycles. The van der Waals surface area contributed by atoms with E-state index in [0.29, 0.717) is 0 Å². The van der Waals surface area contributed by atoms with Gasteiger partial charge in [0.15, 0.2) is 13.7 Å². The van der Waals surface area contributed by atoms with Gasteiger partial charge in [0.25, 0.3) is 0 Å². The number of rotatable bonds is 6. The number of fused-ring (bicyclic) bond motifs is 6. The second-order valence-corrected chi connectivity index (χ2v) is 17.0. The lowest BCUT2D eigenvalue weighted by Crippen LogP contribution is -2.74. The first kappa shape index (κ1) is 29.4. The summed E-state index contributed by atoms with van der Waals surface area (Å²) >= 11 is 0.